The van der Waals surface area contributed by atoms with Gasteiger partial charge in [-0.15, -0.1) is 10.2 Å². The van der Waals surface area contributed by atoms with Gasteiger partial charge in [-0.05, 0) is 47.5 Å². The summed E-state index contributed by atoms with van der Waals surface area (Å²) in [4.78, 5) is 0. The molecule has 0 fully saturated rings. The first-order valence-electron chi connectivity index (χ1n) is 7.99. The SMILES string of the molecule is N#Cc1ccc(-c2ccc3nnc(-c4cccc(C(F)(F)F)c4)n3c2)cc1. The van der Waals surface area contributed by atoms with E-state index in [1.807, 2.05) is 18.2 Å². The van der Waals surface area contributed by atoms with Crippen molar-refractivity contribution < 1.29 is 13.2 Å². The quantitative estimate of drug-likeness (QED) is 0.505. The lowest BCUT2D eigenvalue weighted by atomic mass is 10.1. The topological polar surface area (TPSA) is 54.0 Å². The van der Waals surface area contributed by atoms with Gasteiger partial charge in [0.05, 0.1) is 17.2 Å². The zero-order valence-corrected chi connectivity index (χ0v) is 13.8. The summed E-state index contributed by atoms with van der Waals surface area (Å²) in [6.07, 6.45) is -2.66. The zero-order chi connectivity index (χ0) is 19.0. The molecule has 0 spiro atoms. The lowest BCUT2D eigenvalue weighted by molar-refractivity contribution is -0.137. The van der Waals surface area contributed by atoms with Crippen molar-refractivity contribution in [2.45, 2.75) is 6.18 Å². The van der Waals surface area contributed by atoms with Crippen LogP contribution in [0.25, 0.3) is 28.2 Å². The van der Waals surface area contributed by atoms with E-state index in [1.54, 1.807) is 34.9 Å². The van der Waals surface area contributed by atoms with Gasteiger partial charge in [0, 0.05) is 11.8 Å². The predicted octanol–water partition coefficient (Wildman–Crippen LogP) is 4.95. The van der Waals surface area contributed by atoms with Crippen LogP contribution < -0.4 is 0 Å². The monoisotopic (exact) mass is 364 g/mol. The van der Waals surface area contributed by atoms with Crippen molar-refractivity contribution in [1.82, 2.24) is 14.6 Å². The van der Waals surface area contributed by atoms with Crippen LogP contribution in [-0.2, 0) is 6.18 Å². The van der Waals surface area contributed by atoms with E-state index in [4.69, 9.17) is 5.26 Å². The number of nitrogens with zero attached hydrogens (tertiary/aromatic N) is 4. The molecule has 2 aromatic carbocycles. The van der Waals surface area contributed by atoms with Crippen molar-refractivity contribution in [1.29, 1.82) is 5.26 Å². The number of pyridine rings is 1. The van der Waals surface area contributed by atoms with Crippen LogP contribution in [0, 0.1) is 11.3 Å². The molecular weight excluding hydrogens is 353 g/mol. The van der Waals surface area contributed by atoms with Crippen LogP contribution >= 0.6 is 0 Å². The highest BCUT2D eigenvalue weighted by Gasteiger charge is 2.30. The molecular formula is C20H11F3N4. The summed E-state index contributed by atoms with van der Waals surface area (Å²) in [6, 6.07) is 17.7. The number of nitriles is 1. The van der Waals surface area contributed by atoms with E-state index in [0.717, 1.165) is 23.3 Å². The van der Waals surface area contributed by atoms with Crippen LogP contribution in [0.5, 0.6) is 0 Å². The van der Waals surface area contributed by atoms with Crippen LogP contribution in [-0.4, -0.2) is 14.6 Å². The molecule has 0 aliphatic heterocycles. The first-order valence-corrected chi connectivity index (χ1v) is 7.99. The highest BCUT2D eigenvalue weighted by atomic mass is 19.4. The molecule has 0 bridgehead atoms. The number of rotatable bonds is 2. The van der Waals surface area contributed by atoms with Crippen LogP contribution in [0.3, 0.4) is 0 Å². The molecule has 0 aliphatic carbocycles. The second-order valence-corrected chi connectivity index (χ2v) is 5.94. The van der Waals surface area contributed by atoms with Gasteiger partial charge in [0.25, 0.3) is 0 Å². The number of hydrogen-bond acceptors (Lipinski definition) is 3. The molecule has 4 rings (SSSR count). The summed E-state index contributed by atoms with van der Waals surface area (Å²) in [5.41, 5.74) is 2.38. The molecule has 0 amide bonds. The van der Waals surface area contributed by atoms with Gasteiger partial charge in [-0.25, -0.2) is 0 Å². The van der Waals surface area contributed by atoms with Gasteiger partial charge in [-0.3, -0.25) is 4.40 Å². The van der Waals surface area contributed by atoms with Crippen LogP contribution in [0.1, 0.15) is 11.1 Å². The van der Waals surface area contributed by atoms with E-state index in [1.165, 1.54) is 6.07 Å². The third-order valence-corrected chi connectivity index (χ3v) is 4.20. The molecule has 0 N–H and O–H groups in total. The van der Waals surface area contributed by atoms with Crippen molar-refractivity contribution in [3.8, 4) is 28.6 Å². The van der Waals surface area contributed by atoms with Gasteiger partial charge >= 0.3 is 6.18 Å². The third kappa shape index (κ3) is 3.13. The summed E-state index contributed by atoms with van der Waals surface area (Å²) < 4.78 is 40.7. The number of benzene rings is 2. The Morgan fingerprint density at radius 1 is 0.852 bits per heavy atom. The summed E-state index contributed by atoms with van der Waals surface area (Å²) >= 11 is 0. The van der Waals surface area contributed by atoms with Crippen molar-refractivity contribution in [3.63, 3.8) is 0 Å². The van der Waals surface area contributed by atoms with Crippen molar-refractivity contribution in [2.75, 3.05) is 0 Å². The van der Waals surface area contributed by atoms with Crippen molar-refractivity contribution in [3.05, 3.63) is 78.0 Å². The average molecular weight is 364 g/mol. The highest BCUT2D eigenvalue weighted by Crippen LogP contribution is 2.32. The maximum Gasteiger partial charge on any atom is 0.416 e. The Labute approximate surface area is 152 Å². The largest absolute Gasteiger partial charge is 0.416 e. The van der Waals surface area contributed by atoms with Crippen molar-refractivity contribution >= 4 is 5.65 Å². The molecule has 0 radical (unpaired) electrons. The predicted molar refractivity (Wildman–Crippen MR) is 93.6 cm³/mol. The first kappa shape index (κ1) is 16.8. The standard InChI is InChI=1S/C20H11F3N4/c21-20(22,23)17-3-1-2-15(10-17)19-26-25-18-9-8-16(12-27(18)19)14-6-4-13(11-24)5-7-14/h1-10,12H. The highest BCUT2D eigenvalue weighted by molar-refractivity contribution is 5.68. The van der Waals surface area contributed by atoms with E-state index in [2.05, 4.69) is 16.3 Å². The van der Waals surface area contributed by atoms with E-state index in [0.29, 0.717) is 22.6 Å². The zero-order valence-electron chi connectivity index (χ0n) is 13.8. The molecule has 4 nitrogen and oxygen atoms in total. The molecule has 132 valence electrons. The van der Waals surface area contributed by atoms with Gasteiger partial charge < -0.3 is 0 Å². The lowest BCUT2D eigenvalue weighted by Crippen LogP contribution is -2.04. The Balaban J connectivity index is 1.82. The van der Waals surface area contributed by atoms with E-state index >= 15 is 0 Å². The lowest BCUT2D eigenvalue weighted by Gasteiger charge is -2.08. The van der Waals surface area contributed by atoms with Gasteiger partial charge in [0.15, 0.2) is 11.5 Å². The van der Waals surface area contributed by atoms with Crippen LogP contribution in [0.4, 0.5) is 13.2 Å². The average Bonchev–Trinajstić information content (AvgIpc) is 3.11. The first-order chi connectivity index (χ1) is 13.0. The number of fused-ring (bicyclic) bond motifs is 1. The minimum absolute atomic E-state index is 0.326. The fourth-order valence-corrected chi connectivity index (χ4v) is 2.83. The maximum atomic E-state index is 13.0. The van der Waals surface area contributed by atoms with Gasteiger partial charge in [-0.2, -0.15) is 18.4 Å². The fourth-order valence-electron chi connectivity index (χ4n) is 2.83. The van der Waals surface area contributed by atoms with E-state index in [-0.39, 0.29) is 0 Å². The molecule has 0 saturated carbocycles. The molecule has 27 heavy (non-hydrogen) atoms. The molecule has 0 atom stereocenters. The summed E-state index contributed by atoms with van der Waals surface area (Å²) in [5.74, 6) is 0.326. The molecule has 0 unspecified atom stereocenters. The summed E-state index contributed by atoms with van der Waals surface area (Å²) in [7, 11) is 0. The number of alkyl halides is 3. The van der Waals surface area contributed by atoms with Gasteiger partial charge in [0.1, 0.15) is 0 Å². The Morgan fingerprint density at radius 3 is 2.30 bits per heavy atom. The molecule has 2 aromatic heterocycles. The normalized spacial score (nSPS) is 11.5. The van der Waals surface area contributed by atoms with Crippen LogP contribution in [0.2, 0.25) is 0 Å². The molecule has 4 aromatic rings. The van der Waals surface area contributed by atoms with Gasteiger partial charge in [0.2, 0.25) is 0 Å². The maximum absolute atomic E-state index is 13.0. The smallest absolute Gasteiger partial charge is 0.282 e. The molecule has 2 heterocycles. The third-order valence-electron chi connectivity index (χ3n) is 4.20. The Hall–Kier alpha value is -3.66. The second kappa shape index (κ2) is 6.25. The minimum atomic E-state index is -4.43. The number of hydrogen-bond donors (Lipinski definition) is 0. The van der Waals surface area contributed by atoms with Crippen molar-refractivity contribution in [2.24, 2.45) is 0 Å². The summed E-state index contributed by atoms with van der Waals surface area (Å²) in [6.45, 7) is 0. The number of aromatic nitrogens is 3. The van der Waals surface area contributed by atoms with Gasteiger partial charge in [-0.1, -0.05) is 24.3 Å². The number of halogens is 3. The summed E-state index contributed by atoms with van der Waals surface area (Å²) in [5, 5.41) is 17.0. The van der Waals surface area contributed by atoms with E-state index < -0.39 is 11.7 Å². The Kier molecular flexibility index (Phi) is 3.89. The molecule has 0 aliphatic rings. The Morgan fingerprint density at radius 2 is 1.59 bits per heavy atom. The molecule has 0 saturated heterocycles. The minimum Gasteiger partial charge on any atom is -0.282 e. The Bertz CT molecular complexity index is 1170. The molecule has 7 heteroatoms. The van der Waals surface area contributed by atoms with E-state index in [9.17, 15) is 13.2 Å². The fraction of sp³-hybridized carbons (Fsp3) is 0.0500. The van der Waals surface area contributed by atoms with Crippen LogP contribution in [0.15, 0.2) is 66.9 Å². The second-order valence-electron chi connectivity index (χ2n) is 5.94.